The third-order valence-corrected chi connectivity index (χ3v) is 5.05. The van der Waals surface area contributed by atoms with E-state index < -0.39 is 11.1 Å². The van der Waals surface area contributed by atoms with Gasteiger partial charge in [-0.3, -0.25) is 24.3 Å². The molecule has 136 valence electrons. The molecular weight excluding hydrogens is 326 g/mol. The summed E-state index contributed by atoms with van der Waals surface area (Å²) in [7, 11) is 0. The highest BCUT2D eigenvalue weighted by atomic mass is 16.2. The maximum Gasteiger partial charge on any atom is 0.265 e. The average molecular weight is 349 g/mol. The van der Waals surface area contributed by atoms with Crippen molar-refractivity contribution in [2.75, 3.05) is 26.2 Å². The van der Waals surface area contributed by atoms with Crippen LogP contribution in [0.15, 0.2) is 21.7 Å². The zero-order valence-corrected chi connectivity index (χ0v) is 14.0. The van der Waals surface area contributed by atoms with Crippen molar-refractivity contribution in [3.05, 3.63) is 32.8 Å². The second kappa shape index (κ2) is 7.22. The molecule has 0 bridgehead atoms. The molecule has 0 saturated carbocycles. The van der Waals surface area contributed by atoms with E-state index in [2.05, 4.69) is 5.10 Å². The van der Waals surface area contributed by atoms with Crippen molar-refractivity contribution >= 4 is 11.8 Å². The number of nitrogens with one attached hydrogen (secondary N) is 1. The molecule has 2 fully saturated rings. The highest BCUT2D eigenvalue weighted by molar-refractivity contribution is 5.78. The maximum atomic E-state index is 12.5. The summed E-state index contributed by atoms with van der Waals surface area (Å²) in [4.78, 5) is 51.2. The van der Waals surface area contributed by atoms with Crippen molar-refractivity contribution in [3.63, 3.8) is 0 Å². The Balaban J connectivity index is 1.67. The quantitative estimate of drug-likeness (QED) is 0.673. The molecule has 0 aliphatic carbocycles. The molecule has 2 atom stereocenters. The highest BCUT2D eigenvalue weighted by Gasteiger charge is 2.39. The summed E-state index contributed by atoms with van der Waals surface area (Å²) in [6, 6.07) is 2.42. The number of carbonyl (C=O) groups is 2. The number of hydrogen-bond donors (Lipinski definition) is 2. The molecule has 0 radical (unpaired) electrons. The molecular formula is C16H23N5O4. The normalized spacial score (nSPS) is 23.5. The summed E-state index contributed by atoms with van der Waals surface area (Å²) in [5.41, 5.74) is 4.77. The first-order valence-electron chi connectivity index (χ1n) is 8.57. The van der Waals surface area contributed by atoms with E-state index in [-0.39, 0.29) is 30.3 Å². The first-order chi connectivity index (χ1) is 12.0. The van der Waals surface area contributed by atoms with Gasteiger partial charge in [0.1, 0.15) is 6.54 Å². The van der Waals surface area contributed by atoms with Gasteiger partial charge in [0, 0.05) is 50.8 Å². The van der Waals surface area contributed by atoms with Crippen LogP contribution in [0, 0.1) is 5.92 Å². The van der Waals surface area contributed by atoms with E-state index in [9.17, 15) is 19.2 Å². The van der Waals surface area contributed by atoms with Crippen LogP contribution in [0.5, 0.6) is 0 Å². The van der Waals surface area contributed by atoms with Crippen LogP contribution in [0.3, 0.4) is 0 Å². The van der Waals surface area contributed by atoms with E-state index in [1.807, 2.05) is 4.90 Å². The molecule has 2 aliphatic heterocycles. The van der Waals surface area contributed by atoms with Crippen molar-refractivity contribution < 1.29 is 9.59 Å². The summed E-state index contributed by atoms with van der Waals surface area (Å²) in [6.45, 7) is 1.89. The van der Waals surface area contributed by atoms with Crippen LogP contribution in [-0.4, -0.2) is 63.6 Å². The van der Waals surface area contributed by atoms with Crippen LogP contribution >= 0.6 is 0 Å². The molecule has 2 amide bonds. The number of H-pyrrole nitrogens is 1. The van der Waals surface area contributed by atoms with Crippen LogP contribution < -0.4 is 16.9 Å². The summed E-state index contributed by atoms with van der Waals surface area (Å²) >= 11 is 0. The number of amides is 2. The van der Waals surface area contributed by atoms with Crippen molar-refractivity contribution in [2.45, 2.75) is 31.8 Å². The van der Waals surface area contributed by atoms with Crippen LogP contribution in [0.4, 0.5) is 0 Å². The minimum absolute atomic E-state index is 0.133. The zero-order valence-electron chi connectivity index (χ0n) is 14.0. The SMILES string of the molecule is NCCN1C(=O)CC[C@H]2CN(C(=O)Cn3[nH]c(=O)ccc3=O)CC[C@H]21. The third kappa shape index (κ3) is 3.65. The van der Waals surface area contributed by atoms with Gasteiger partial charge in [-0.05, 0) is 18.8 Å². The van der Waals surface area contributed by atoms with Gasteiger partial charge in [-0.15, -0.1) is 0 Å². The monoisotopic (exact) mass is 349 g/mol. The minimum Gasteiger partial charge on any atom is -0.341 e. The van der Waals surface area contributed by atoms with Crippen molar-refractivity contribution in [2.24, 2.45) is 11.7 Å². The van der Waals surface area contributed by atoms with E-state index >= 15 is 0 Å². The molecule has 0 spiro atoms. The lowest BCUT2D eigenvalue weighted by atomic mass is 9.83. The number of rotatable bonds is 4. The molecule has 2 aliphatic rings. The number of fused-ring (bicyclic) bond motifs is 1. The Kier molecular flexibility index (Phi) is 5.03. The Bertz CT molecular complexity index is 770. The number of nitrogens with two attached hydrogens (primary N) is 1. The fraction of sp³-hybridized carbons (Fsp3) is 0.625. The van der Waals surface area contributed by atoms with Crippen LogP contribution in [0.1, 0.15) is 19.3 Å². The molecule has 1 aromatic rings. The average Bonchev–Trinajstić information content (AvgIpc) is 2.60. The standard InChI is InChI=1S/C16H23N5O4/c17-6-8-20-12-5-7-19(9-11(12)1-3-14(20)23)16(25)10-21-15(24)4-2-13(22)18-21/h2,4,11-12H,1,3,5-10,17H2,(H,18,22)/t11-,12+/m0/s1. The van der Waals surface area contributed by atoms with Gasteiger partial charge < -0.3 is 15.5 Å². The Morgan fingerprint density at radius 2 is 2.04 bits per heavy atom. The smallest absolute Gasteiger partial charge is 0.265 e. The number of carbonyl (C=O) groups excluding carboxylic acids is 2. The topological polar surface area (TPSA) is 121 Å². The van der Waals surface area contributed by atoms with E-state index in [4.69, 9.17) is 5.73 Å². The van der Waals surface area contributed by atoms with Gasteiger partial charge >= 0.3 is 0 Å². The Morgan fingerprint density at radius 1 is 1.24 bits per heavy atom. The van der Waals surface area contributed by atoms with Crippen LogP contribution in [0.2, 0.25) is 0 Å². The molecule has 2 saturated heterocycles. The lowest BCUT2D eigenvalue weighted by molar-refractivity contribution is -0.144. The van der Waals surface area contributed by atoms with E-state index in [0.717, 1.165) is 23.2 Å². The van der Waals surface area contributed by atoms with Crippen LogP contribution in [0.25, 0.3) is 0 Å². The van der Waals surface area contributed by atoms with Crippen molar-refractivity contribution in [3.8, 4) is 0 Å². The number of piperidine rings is 2. The Morgan fingerprint density at radius 3 is 2.80 bits per heavy atom. The summed E-state index contributed by atoms with van der Waals surface area (Å²) < 4.78 is 1.03. The van der Waals surface area contributed by atoms with Crippen molar-refractivity contribution in [1.82, 2.24) is 19.6 Å². The second-order valence-corrected chi connectivity index (χ2v) is 6.60. The van der Waals surface area contributed by atoms with Gasteiger partial charge in [0.25, 0.3) is 11.1 Å². The number of aromatic amines is 1. The molecule has 9 nitrogen and oxygen atoms in total. The molecule has 3 N–H and O–H groups in total. The summed E-state index contributed by atoms with van der Waals surface area (Å²) in [5, 5.41) is 2.37. The van der Waals surface area contributed by atoms with E-state index in [0.29, 0.717) is 39.0 Å². The number of aromatic nitrogens is 2. The molecule has 3 heterocycles. The van der Waals surface area contributed by atoms with Gasteiger partial charge in [0.15, 0.2) is 0 Å². The third-order valence-electron chi connectivity index (χ3n) is 5.05. The second-order valence-electron chi connectivity index (χ2n) is 6.60. The van der Waals surface area contributed by atoms with Crippen LogP contribution in [-0.2, 0) is 16.1 Å². The van der Waals surface area contributed by atoms with Gasteiger partial charge in [0.05, 0.1) is 0 Å². The first kappa shape index (κ1) is 17.4. The predicted molar refractivity (Wildman–Crippen MR) is 89.8 cm³/mol. The number of likely N-dealkylation sites (tertiary alicyclic amines) is 2. The number of hydrogen-bond acceptors (Lipinski definition) is 5. The van der Waals surface area contributed by atoms with Gasteiger partial charge in [-0.2, -0.15) is 0 Å². The van der Waals surface area contributed by atoms with E-state index in [1.54, 1.807) is 4.90 Å². The van der Waals surface area contributed by atoms with E-state index in [1.165, 1.54) is 0 Å². The molecule has 25 heavy (non-hydrogen) atoms. The van der Waals surface area contributed by atoms with Crippen molar-refractivity contribution in [1.29, 1.82) is 0 Å². The highest BCUT2D eigenvalue weighted by Crippen LogP contribution is 2.31. The molecule has 3 rings (SSSR count). The summed E-state index contributed by atoms with van der Waals surface area (Å²) in [5.74, 6) is 0.165. The first-order valence-corrected chi connectivity index (χ1v) is 8.57. The van der Waals surface area contributed by atoms with Gasteiger partial charge in [-0.25, -0.2) is 4.68 Å². The fourth-order valence-electron chi connectivity index (χ4n) is 3.82. The van der Waals surface area contributed by atoms with Gasteiger partial charge in [-0.1, -0.05) is 0 Å². The molecule has 9 heteroatoms. The lowest BCUT2D eigenvalue weighted by Gasteiger charge is -2.47. The Labute approximate surface area is 144 Å². The number of nitrogens with zero attached hydrogens (tertiary/aromatic N) is 3. The lowest BCUT2D eigenvalue weighted by Crippen LogP contribution is -2.58. The fourth-order valence-corrected chi connectivity index (χ4v) is 3.82. The molecule has 1 aromatic heterocycles. The Hall–Kier alpha value is -2.42. The largest absolute Gasteiger partial charge is 0.341 e. The molecule has 0 unspecified atom stereocenters. The minimum atomic E-state index is -0.422. The zero-order chi connectivity index (χ0) is 18.0. The van der Waals surface area contributed by atoms with Gasteiger partial charge in [0.2, 0.25) is 11.8 Å². The summed E-state index contributed by atoms with van der Waals surface area (Å²) in [6.07, 6.45) is 1.95. The maximum absolute atomic E-state index is 12.5. The predicted octanol–water partition coefficient (Wildman–Crippen LogP) is -1.67. The molecule has 0 aromatic carbocycles.